The topological polar surface area (TPSA) is 88.4 Å². The third kappa shape index (κ3) is 3.98. The van der Waals surface area contributed by atoms with Crippen LogP contribution in [0.25, 0.3) is 22.1 Å². The summed E-state index contributed by atoms with van der Waals surface area (Å²) in [4.78, 5) is 36.4. The van der Waals surface area contributed by atoms with Crippen LogP contribution in [-0.2, 0) is 4.79 Å². The van der Waals surface area contributed by atoms with Crippen LogP contribution in [0.4, 0.5) is 11.4 Å². The third-order valence-electron chi connectivity index (χ3n) is 4.57. The molecule has 4 rings (SSSR count). The minimum absolute atomic E-state index is 0.169. The minimum Gasteiger partial charge on any atom is -0.422 e. The number of fused-ring (bicyclic) bond motifs is 1. The van der Waals surface area contributed by atoms with Crippen molar-refractivity contribution in [1.29, 1.82) is 0 Å². The van der Waals surface area contributed by atoms with E-state index in [1.807, 2.05) is 12.1 Å². The van der Waals surface area contributed by atoms with Crippen LogP contribution in [0.5, 0.6) is 0 Å². The number of carbonyl (C=O) groups is 2. The molecule has 1 aromatic heterocycles. The zero-order chi connectivity index (χ0) is 21.1. The van der Waals surface area contributed by atoms with Crippen molar-refractivity contribution >= 4 is 34.0 Å². The lowest BCUT2D eigenvalue weighted by Crippen LogP contribution is -2.13. The van der Waals surface area contributed by atoms with Crippen molar-refractivity contribution < 1.29 is 14.0 Å². The van der Waals surface area contributed by atoms with E-state index in [1.165, 1.54) is 6.92 Å². The van der Waals surface area contributed by atoms with Crippen molar-refractivity contribution in [2.24, 2.45) is 0 Å². The Labute approximate surface area is 172 Å². The molecular formula is C24H18N2O4. The van der Waals surface area contributed by atoms with Crippen molar-refractivity contribution in [3.8, 4) is 11.3 Å². The van der Waals surface area contributed by atoms with Crippen LogP contribution in [0.2, 0.25) is 0 Å². The van der Waals surface area contributed by atoms with Gasteiger partial charge in [0.15, 0.2) is 0 Å². The molecule has 0 spiro atoms. The molecule has 4 aromatic rings. The van der Waals surface area contributed by atoms with Crippen LogP contribution in [-0.4, -0.2) is 11.8 Å². The normalized spacial score (nSPS) is 10.6. The second-order valence-corrected chi connectivity index (χ2v) is 6.74. The van der Waals surface area contributed by atoms with Crippen LogP contribution >= 0.6 is 0 Å². The molecular weight excluding hydrogens is 380 g/mol. The fourth-order valence-corrected chi connectivity index (χ4v) is 3.20. The van der Waals surface area contributed by atoms with Crippen molar-refractivity contribution in [3.05, 3.63) is 94.8 Å². The number of amides is 2. The quantitative estimate of drug-likeness (QED) is 0.523. The summed E-state index contributed by atoms with van der Waals surface area (Å²) in [5.41, 5.74) is 1.66. The summed E-state index contributed by atoms with van der Waals surface area (Å²) in [6.07, 6.45) is 0. The molecule has 0 atom stereocenters. The van der Waals surface area contributed by atoms with Gasteiger partial charge >= 0.3 is 5.63 Å². The molecule has 0 bridgehead atoms. The number of hydrogen-bond acceptors (Lipinski definition) is 4. The van der Waals surface area contributed by atoms with Gasteiger partial charge in [0, 0.05) is 23.9 Å². The first kappa shape index (κ1) is 19.1. The van der Waals surface area contributed by atoms with Gasteiger partial charge in [0.2, 0.25) is 5.91 Å². The maximum absolute atomic E-state index is 12.9. The molecule has 0 saturated heterocycles. The summed E-state index contributed by atoms with van der Waals surface area (Å²) in [5, 5.41) is 6.73. The molecule has 0 aliphatic rings. The number of benzene rings is 3. The van der Waals surface area contributed by atoms with Crippen molar-refractivity contribution in [2.45, 2.75) is 6.92 Å². The first-order valence-electron chi connectivity index (χ1n) is 9.32. The Kier molecular flexibility index (Phi) is 5.13. The van der Waals surface area contributed by atoms with E-state index in [0.717, 1.165) is 5.39 Å². The Balaban J connectivity index is 1.66. The fourth-order valence-electron chi connectivity index (χ4n) is 3.20. The van der Waals surface area contributed by atoms with E-state index in [-0.39, 0.29) is 11.8 Å². The van der Waals surface area contributed by atoms with E-state index in [2.05, 4.69) is 10.6 Å². The van der Waals surface area contributed by atoms with Gasteiger partial charge in [-0.05, 0) is 47.9 Å². The smallest absolute Gasteiger partial charge is 0.344 e. The summed E-state index contributed by atoms with van der Waals surface area (Å²) in [6, 6.07) is 22.6. The maximum atomic E-state index is 12.9. The van der Waals surface area contributed by atoms with Gasteiger partial charge in [-0.1, -0.05) is 36.4 Å². The number of hydrogen-bond donors (Lipinski definition) is 2. The largest absolute Gasteiger partial charge is 0.422 e. The first-order chi connectivity index (χ1) is 14.5. The van der Waals surface area contributed by atoms with Gasteiger partial charge in [0.25, 0.3) is 5.91 Å². The Morgan fingerprint density at radius 3 is 2.17 bits per heavy atom. The highest BCUT2D eigenvalue weighted by atomic mass is 16.4. The van der Waals surface area contributed by atoms with E-state index in [9.17, 15) is 14.4 Å². The molecule has 3 aromatic carbocycles. The van der Waals surface area contributed by atoms with Crippen LogP contribution in [0.15, 0.2) is 88.1 Å². The lowest BCUT2D eigenvalue weighted by atomic mass is 10.0. The predicted molar refractivity (Wildman–Crippen MR) is 117 cm³/mol. The molecule has 0 fully saturated rings. The van der Waals surface area contributed by atoms with Gasteiger partial charge < -0.3 is 15.1 Å². The summed E-state index contributed by atoms with van der Waals surface area (Å²) >= 11 is 0. The zero-order valence-electron chi connectivity index (χ0n) is 16.1. The van der Waals surface area contributed by atoms with E-state index in [0.29, 0.717) is 33.6 Å². The fraction of sp³-hybridized carbons (Fsp3) is 0.0417. The van der Waals surface area contributed by atoms with Crippen LogP contribution in [0.3, 0.4) is 0 Å². The van der Waals surface area contributed by atoms with Gasteiger partial charge in [0.1, 0.15) is 5.76 Å². The van der Waals surface area contributed by atoms with Crippen molar-refractivity contribution in [3.63, 3.8) is 0 Å². The Bertz CT molecular complexity index is 1310. The SMILES string of the molecule is CC(=O)Nc1ccc(NC(=O)c2ccccc2-c2cc3ccccc3c(=O)o2)cc1. The molecule has 0 radical (unpaired) electrons. The summed E-state index contributed by atoms with van der Waals surface area (Å²) in [5.74, 6) is -0.184. The average molecular weight is 398 g/mol. The van der Waals surface area contributed by atoms with Gasteiger partial charge in [-0.3, -0.25) is 9.59 Å². The molecule has 30 heavy (non-hydrogen) atoms. The molecule has 0 saturated carbocycles. The molecule has 2 amide bonds. The Morgan fingerprint density at radius 2 is 1.43 bits per heavy atom. The second kappa shape index (κ2) is 8.05. The number of rotatable bonds is 4. The minimum atomic E-state index is -0.452. The van der Waals surface area contributed by atoms with E-state index < -0.39 is 5.63 Å². The highest BCUT2D eigenvalue weighted by molar-refractivity contribution is 6.08. The van der Waals surface area contributed by atoms with Gasteiger partial charge in [-0.25, -0.2) is 4.79 Å². The van der Waals surface area contributed by atoms with Crippen molar-refractivity contribution in [2.75, 3.05) is 10.6 Å². The lowest BCUT2D eigenvalue weighted by molar-refractivity contribution is -0.114. The van der Waals surface area contributed by atoms with E-state index in [4.69, 9.17) is 4.42 Å². The third-order valence-corrected chi connectivity index (χ3v) is 4.57. The predicted octanol–water partition coefficient (Wildman–Crippen LogP) is 4.67. The number of anilines is 2. The first-order valence-corrected chi connectivity index (χ1v) is 9.32. The Morgan fingerprint density at radius 1 is 0.800 bits per heavy atom. The van der Waals surface area contributed by atoms with Crippen LogP contribution < -0.4 is 16.3 Å². The standard InChI is InChI=1S/C24H18N2O4/c1-15(27)25-17-10-12-18(13-11-17)26-23(28)21-9-5-4-8-20(21)22-14-16-6-2-3-7-19(16)24(29)30-22/h2-14H,1H3,(H,25,27)(H,26,28). The molecule has 6 heteroatoms. The zero-order valence-corrected chi connectivity index (χ0v) is 16.1. The number of nitrogens with one attached hydrogen (secondary N) is 2. The maximum Gasteiger partial charge on any atom is 0.344 e. The molecule has 0 unspecified atom stereocenters. The highest BCUT2D eigenvalue weighted by Crippen LogP contribution is 2.26. The lowest BCUT2D eigenvalue weighted by Gasteiger charge is -2.11. The van der Waals surface area contributed by atoms with Gasteiger partial charge in [0.05, 0.1) is 10.9 Å². The molecule has 2 N–H and O–H groups in total. The van der Waals surface area contributed by atoms with E-state index >= 15 is 0 Å². The van der Waals surface area contributed by atoms with E-state index in [1.54, 1.807) is 66.7 Å². The highest BCUT2D eigenvalue weighted by Gasteiger charge is 2.16. The number of carbonyl (C=O) groups excluding carboxylic acids is 2. The monoisotopic (exact) mass is 398 g/mol. The molecule has 6 nitrogen and oxygen atoms in total. The summed E-state index contributed by atoms with van der Waals surface area (Å²) in [7, 11) is 0. The molecule has 148 valence electrons. The molecule has 0 aliphatic heterocycles. The summed E-state index contributed by atoms with van der Waals surface area (Å²) < 4.78 is 5.49. The summed E-state index contributed by atoms with van der Waals surface area (Å²) in [6.45, 7) is 1.43. The van der Waals surface area contributed by atoms with Gasteiger partial charge in [-0.2, -0.15) is 0 Å². The second-order valence-electron chi connectivity index (χ2n) is 6.74. The molecule has 0 aliphatic carbocycles. The van der Waals surface area contributed by atoms with Gasteiger partial charge in [-0.15, -0.1) is 0 Å². The van der Waals surface area contributed by atoms with Crippen LogP contribution in [0.1, 0.15) is 17.3 Å². The Hall–Kier alpha value is -4.19. The van der Waals surface area contributed by atoms with Crippen LogP contribution in [0, 0.1) is 0 Å². The molecule has 1 heterocycles. The average Bonchev–Trinajstić information content (AvgIpc) is 2.75. The van der Waals surface area contributed by atoms with Crippen molar-refractivity contribution in [1.82, 2.24) is 0 Å².